The van der Waals surface area contributed by atoms with Gasteiger partial charge in [0, 0.05) is 11.8 Å². The van der Waals surface area contributed by atoms with Crippen molar-refractivity contribution < 1.29 is 4.39 Å². The average molecular weight is 192 g/mol. The van der Waals surface area contributed by atoms with Crippen molar-refractivity contribution in [3.63, 3.8) is 0 Å². The molecule has 0 aliphatic rings. The minimum Gasteiger partial charge on any atom is -0.287 e. The zero-order valence-electron chi connectivity index (χ0n) is 7.90. The van der Waals surface area contributed by atoms with Gasteiger partial charge in [0.2, 0.25) is 5.95 Å². The first-order valence-electron chi connectivity index (χ1n) is 4.17. The van der Waals surface area contributed by atoms with Crippen molar-refractivity contribution in [1.29, 1.82) is 0 Å². The monoisotopic (exact) mass is 192 g/mol. The maximum absolute atomic E-state index is 12.8. The first-order valence-corrected chi connectivity index (χ1v) is 4.17. The van der Waals surface area contributed by atoms with Crippen molar-refractivity contribution in [2.45, 2.75) is 13.8 Å². The molecular weight excluding hydrogens is 183 g/mol. The molecule has 0 saturated heterocycles. The molecule has 0 N–H and O–H groups in total. The van der Waals surface area contributed by atoms with Crippen LogP contribution >= 0.6 is 0 Å². The molecule has 0 spiro atoms. The van der Waals surface area contributed by atoms with E-state index in [2.05, 4.69) is 15.0 Å². The third-order valence-corrected chi connectivity index (χ3v) is 2.12. The van der Waals surface area contributed by atoms with E-state index in [1.54, 1.807) is 10.9 Å². The largest absolute Gasteiger partial charge is 0.287 e. The SMILES string of the molecule is Cc1ncn(-c2cc(F)ncn2)c1C. The third kappa shape index (κ3) is 1.37. The Morgan fingerprint density at radius 2 is 2.00 bits per heavy atom. The molecule has 0 fully saturated rings. The summed E-state index contributed by atoms with van der Waals surface area (Å²) in [5.74, 6) is -0.0450. The standard InChI is InChI=1S/C9H9FN4/c1-6-7(2)14(5-13-6)9-3-8(10)11-4-12-9/h3-5H,1-2H3. The maximum Gasteiger partial charge on any atom is 0.218 e. The molecule has 4 nitrogen and oxygen atoms in total. The summed E-state index contributed by atoms with van der Waals surface area (Å²) in [6.07, 6.45) is 2.81. The van der Waals surface area contributed by atoms with Gasteiger partial charge in [-0.2, -0.15) is 4.39 Å². The second kappa shape index (κ2) is 3.17. The summed E-state index contributed by atoms with van der Waals surface area (Å²) < 4.78 is 14.5. The molecule has 0 unspecified atom stereocenters. The van der Waals surface area contributed by atoms with Gasteiger partial charge in [0.15, 0.2) is 0 Å². The number of hydrogen-bond acceptors (Lipinski definition) is 3. The van der Waals surface area contributed by atoms with Crippen LogP contribution in [-0.2, 0) is 0 Å². The lowest BCUT2D eigenvalue weighted by Gasteiger charge is -2.02. The Bertz CT molecular complexity index is 464. The fourth-order valence-electron chi connectivity index (χ4n) is 1.19. The Balaban J connectivity index is 2.55. The normalized spacial score (nSPS) is 10.5. The Morgan fingerprint density at radius 1 is 1.21 bits per heavy atom. The van der Waals surface area contributed by atoms with Crippen LogP contribution < -0.4 is 0 Å². The Morgan fingerprint density at radius 3 is 2.57 bits per heavy atom. The van der Waals surface area contributed by atoms with E-state index in [4.69, 9.17) is 0 Å². The molecule has 2 aromatic heterocycles. The van der Waals surface area contributed by atoms with Gasteiger partial charge in [-0.1, -0.05) is 0 Å². The zero-order valence-corrected chi connectivity index (χ0v) is 7.90. The smallest absolute Gasteiger partial charge is 0.218 e. The molecule has 14 heavy (non-hydrogen) atoms. The molecule has 0 aliphatic heterocycles. The highest BCUT2D eigenvalue weighted by Gasteiger charge is 2.05. The summed E-state index contributed by atoms with van der Waals surface area (Å²) >= 11 is 0. The molecule has 0 atom stereocenters. The molecule has 0 radical (unpaired) electrons. The Kier molecular flexibility index (Phi) is 1.99. The van der Waals surface area contributed by atoms with E-state index in [-0.39, 0.29) is 0 Å². The summed E-state index contributed by atoms with van der Waals surface area (Å²) in [6.45, 7) is 3.80. The van der Waals surface area contributed by atoms with Crippen molar-refractivity contribution in [3.05, 3.63) is 36.1 Å². The highest BCUT2D eigenvalue weighted by Crippen LogP contribution is 2.10. The Labute approximate surface area is 80.5 Å². The quantitative estimate of drug-likeness (QED) is 0.642. The molecular formula is C9H9FN4. The molecule has 0 amide bonds. The van der Waals surface area contributed by atoms with Crippen LogP contribution in [0.2, 0.25) is 0 Å². The highest BCUT2D eigenvalue weighted by molar-refractivity contribution is 5.26. The van der Waals surface area contributed by atoms with Gasteiger partial charge in [0.1, 0.15) is 18.5 Å². The number of nitrogens with zero attached hydrogens (tertiary/aromatic N) is 4. The summed E-state index contributed by atoms with van der Waals surface area (Å²) in [5.41, 5.74) is 1.85. The van der Waals surface area contributed by atoms with Crippen LogP contribution in [0.3, 0.4) is 0 Å². The van der Waals surface area contributed by atoms with Crippen LogP contribution in [0.1, 0.15) is 11.4 Å². The summed E-state index contributed by atoms with van der Waals surface area (Å²) in [5, 5.41) is 0. The molecule has 2 heterocycles. The van der Waals surface area contributed by atoms with Gasteiger partial charge in [0.25, 0.3) is 0 Å². The topological polar surface area (TPSA) is 43.6 Å². The van der Waals surface area contributed by atoms with Gasteiger partial charge in [-0.05, 0) is 13.8 Å². The minimum atomic E-state index is -0.541. The van der Waals surface area contributed by atoms with E-state index < -0.39 is 5.95 Å². The van der Waals surface area contributed by atoms with Gasteiger partial charge in [-0.3, -0.25) is 4.57 Å². The van der Waals surface area contributed by atoms with Gasteiger partial charge >= 0.3 is 0 Å². The summed E-state index contributed by atoms with van der Waals surface area (Å²) in [7, 11) is 0. The van der Waals surface area contributed by atoms with Crippen LogP contribution in [0.25, 0.3) is 5.82 Å². The molecule has 0 aliphatic carbocycles. The summed E-state index contributed by atoms with van der Waals surface area (Å²) in [6, 6.07) is 1.27. The minimum absolute atomic E-state index is 0.496. The number of imidazole rings is 1. The predicted octanol–water partition coefficient (Wildman–Crippen LogP) is 1.42. The van der Waals surface area contributed by atoms with Crippen LogP contribution in [0, 0.1) is 19.8 Å². The van der Waals surface area contributed by atoms with Gasteiger partial charge in [0.05, 0.1) is 5.69 Å². The van der Waals surface area contributed by atoms with Crippen LogP contribution in [0.4, 0.5) is 4.39 Å². The first kappa shape index (κ1) is 8.80. The van der Waals surface area contributed by atoms with E-state index in [0.717, 1.165) is 11.4 Å². The zero-order chi connectivity index (χ0) is 10.1. The van der Waals surface area contributed by atoms with Crippen molar-refractivity contribution in [2.24, 2.45) is 0 Å². The molecule has 72 valence electrons. The molecule has 0 saturated carbocycles. The van der Waals surface area contributed by atoms with Crippen molar-refractivity contribution in [3.8, 4) is 5.82 Å². The van der Waals surface area contributed by atoms with E-state index >= 15 is 0 Å². The average Bonchev–Trinajstić information content (AvgIpc) is 2.48. The fraction of sp³-hybridized carbons (Fsp3) is 0.222. The summed E-state index contributed by atoms with van der Waals surface area (Å²) in [4.78, 5) is 11.4. The lowest BCUT2D eigenvalue weighted by atomic mass is 10.4. The predicted molar refractivity (Wildman–Crippen MR) is 48.6 cm³/mol. The van der Waals surface area contributed by atoms with E-state index in [1.807, 2.05) is 13.8 Å². The van der Waals surface area contributed by atoms with E-state index in [9.17, 15) is 4.39 Å². The number of halogens is 1. The molecule has 0 bridgehead atoms. The second-order valence-corrected chi connectivity index (χ2v) is 2.98. The van der Waals surface area contributed by atoms with Gasteiger partial charge in [-0.15, -0.1) is 0 Å². The molecule has 0 aromatic carbocycles. The van der Waals surface area contributed by atoms with Crippen molar-refractivity contribution >= 4 is 0 Å². The van der Waals surface area contributed by atoms with Crippen molar-refractivity contribution in [2.75, 3.05) is 0 Å². The number of aromatic nitrogens is 4. The lowest BCUT2D eigenvalue weighted by molar-refractivity contribution is 0.577. The number of hydrogen-bond donors (Lipinski definition) is 0. The van der Waals surface area contributed by atoms with Gasteiger partial charge < -0.3 is 0 Å². The fourth-order valence-corrected chi connectivity index (χ4v) is 1.19. The third-order valence-electron chi connectivity index (χ3n) is 2.12. The van der Waals surface area contributed by atoms with E-state index in [0.29, 0.717) is 5.82 Å². The highest BCUT2D eigenvalue weighted by atomic mass is 19.1. The lowest BCUT2D eigenvalue weighted by Crippen LogP contribution is -2.00. The number of rotatable bonds is 1. The van der Waals surface area contributed by atoms with Crippen LogP contribution in [0.15, 0.2) is 18.7 Å². The molecule has 2 rings (SSSR count). The second-order valence-electron chi connectivity index (χ2n) is 2.98. The Hall–Kier alpha value is -1.78. The number of aryl methyl sites for hydroxylation is 1. The molecule has 2 aromatic rings. The molecule has 5 heteroatoms. The van der Waals surface area contributed by atoms with Crippen LogP contribution in [0.5, 0.6) is 0 Å². The maximum atomic E-state index is 12.8. The first-order chi connectivity index (χ1) is 6.68. The van der Waals surface area contributed by atoms with Gasteiger partial charge in [-0.25, -0.2) is 15.0 Å². The van der Waals surface area contributed by atoms with Crippen molar-refractivity contribution in [1.82, 2.24) is 19.5 Å². The van der Waals surface area contributed by atoms with Crippen LogP contribution in [-0.4, -0.2) is 19.5 Å². The van der Waals surface area contributed by atoms with E-state index in [1.165, 1.54) is 12.4 Å².